The molecule has 2 heteroatoms. The number of unbranched alkanes of at least 4 members (excludes halogenated alkanes) is 9. The van der Waals surface area contributed by atoms with Gasteiger partial charge in [-0.3, -0.25) is 9.98 Å². The quantitative estimate of drug-likeness (QED) is 0.0678. The Balaban J connectivity index is 1.64. The molecular formula is C46H60N2. The molecule has 0 unspecified atom stereocenters. The number of benzene rings is 4. The van der Waals surface area contributed by atoms with Crippen LogP contribution in [0.1, 0.15) is 127 Å². The van der Waals surface area contributed by atoms with Crippen molar-refractivity contribution in [1.29, 1.82) is 0 Å². The van der Waals surface area contributed by atoms with E-state index in [-0.39, 0.29) is 0 Å². The Bertz CT molecular complexity index is 1580. The molecule has 0 heterocycles. The third kappa shape index (κ3) is 11.4. The molecule has 2 nitrogen and oxygen atoms in total. The van der Waals surface area contributed by atoms with E-state index < -0.39 is 0 Å². The van der Waals surface area contributed by atoms with Gasteiger partial charge in [-0.05, 0) is 121 Å². The Morgan fingerprint density at radius 2 is 1.12 bits per heavy atom. The van der Waals surface area contributed by atoms with E-state index in [1.165, 1.54) is 122 Å². The highest BCUT2D eigenvalue weighted by molar-refractivity contribution is 6.30. The minimum atomic E-state index is 0.925. The van der Waals surface area contributed by atoms with Crippen LogP contribution in [0.25, 0.3) is 22.3 Å². The third-order valence-corrected chi connectivity index (χ3v) is 9.46. The van der Waals surface area contributed by atoms with E-state index in [1.54, 1.807) is 0 Å². The van der Waals surface area contributed by atoms with E-state index in [1.807, 2.05) is 6.21 Å². The van der Waals surface area contributed by atoms with Crippen molar-refractivity contribution in [3.05, 3.63) is 107 Å². The second-order valence-corrected chi connectivity index (χ2v) is 13.6. The topological polar surface area (TPSA) is 24.7 Å². The number of hydrogen-bond donors (Lipinski definition) is 0. The molecule has 0 aliphatic rings. The average Bonchev–Trinajstić information content (AvgIpc) is 3.10. The van der Waals surface area contributed by atoms with Crippen LogP contribution in [0.4, 0.5) is 11.4 Å². The lowest BCUT2D eigenvalue weighted by Crippen LogP contribution is -2.00. The lowest BCUT2D eigenvalue weighted by molar-refractivity contribution is 0.608. The summed E-state index contributed by atoms with van der Waals surface area (Å²) < 4.78 is 0. The third-order valence-electron chi connectivity index (χ3n) is 9.46. The standard InChI is InChI=1S/C46H60N2/c1-6-9-12-14-15-19-29-41-33-42(31-36(4)46(41)39-26-22-17-23-27-39)47-35-37(5)48-43-32-40(28-18-13-10-7-2)44(30-11-8-3)45(34-43)38-24-20-16-21-25-38/h16-17,20-27,31-35H,6-15,18-19,28-30H2,1-5H3. The van der Waals surface area contributed by atoms with Crippen LogP contribution in [0.3, 0.4) is 0 Å². The fraction of sp³-hybridized carbons (Fsp3) is 0.435. The van der Waals surface area contributed by atoms with Gasteiger partial charge in [0.2, 0.25) is 0 Å². The number of hydrogen-bond acceptors (Lipinski definition) is 2. The van der Waals surface area contributed by atoms with Crippen molar-refractivity contribution in [2.45, 2.75) is 131 Å². The SMILES string of the molecule is CCCCCCCCc1cc(N=CC(C)=Nc2cc(CCCCCC)c(CCCC)c(-c3ccccc3)c2)cc(C)c1-c1ccccc1. The monoisotopic (exact) mass is 640 g/mol. The molecule has 0 aromatic heterocycles. The molecule has 48 heavy (non-hydrogen) atoms. The summed E-state index contributed by atoms with van der Waals surface area (Å²) >= 11 is 0. The van der Waals surface area contributed by atoms with Crippen molar-refractivity contribution in [2.75, 3.05) is 0 Å². The molecule has 4 aromatic carbocycles. The highest BCUT2D eigenvalue weighted by atomic mass is 14.8. The van der Waals surface area contributed by atoms with Crippen molar-refractivity contribution in [3.8, 4) is 22.3 Å². The van der Waals surface area contributed by atoms with Gasteiger partial charge in [0.25, 0.3) is 0 Å². The van der Waals surface area contributed by atoms with Gasteiger partial charge in [0.05, 0.1) is 17.1 Å². The lowest BCUT2D eigenvalue weighted by atomic mass is 9.89. The summed E-state index contributed by atoms with van der Waals surface area (Å²) in [5, 5.41) is 0. The van der Waals surface area contributed by atoms with Crippen molar-refractivity contribution >= 4 is 23.3 Å². The van der Waals surface area contributed by atoms with Crippen LogP contribution >= 0.6 is 0 Å². The maximum atomic E-state index is 5.15. The normalized spacial score (nSPS) is 11.9. The van der Waals surface area contributed by atoms with Crippen LogP contribution in [0.2, 0.25) is 0 Å². The van der Waals surface area contributed by atoms with Crippen molar-refractivity contribution in [3.63, 3.8) is 0 Å². The molecule has 0 atom stereocenters. The van der Waals surface area contributed by atoms with E-state index in [0.717, 1.165) is 36.3 Å². The summed E-state index contributed by atoms with van der Waals surface area (Å²) in [6.45, 7) is 11.2. The first-order valence-electron chi connectivity index (χ1n) is 19.0. The smallest absolute Gasteiger partial charge is 0.0642 e. The molecule has 0 aliphatic heterocycles. The van der Waals surface area contributed by atoms with Crippen LogP contribution < -0.4 is 0 Å². The first-order valence-corrected chi connectivity index (χ1v) is 19.0. The Kier molecular flexibility index (Phi) is 15.9. The summed E-state index contributed by atoms with van der Waals surface area (Å²) in [4.78, 5) is 10.2. The van der Waals surface area contributed by atoms with Gasteiger partial charge in [-0.25, -0.2) is 0 Å². The molecular weight excluding hydrogens is 581 g/mol. The zero-order valence-corrected chi connectivity index (χ0v) is 30.7. The maximum absolute atomic E-state index is 5.15. The predicted octanol–water partition coefficient (Wildman–Crippen LogP) is 14.2. The minimum absolute atomic E-state index is 0.925. The maximum Gasteiger partial charge on any atom is 0.0642 e. The number of nitrogens with zero attached hydrogens (tertiary/aromatic N) is 2. The summed E-state index contributed by atoms with van der Waals surface area (Å²) in [7, 11) is 0. The zero-order valence-electron chi connectivity index (χ0n) is 30.7. The van der Waals surface area contributed by atoms with E-state index in [4.69, 9.17) is 9.98 Å². The molecule has 4 aromatic rings. The molecule has 254 valence electrons. The second kappa shape index (κ2) is 20.6. The Morgan fingerprint density at radius 3 is 1.79 bits per heavy atom. The van der Waals surface area contributed by atoms with Gasteiger partial charge in [-0.15, -0.1) is 0 Å². The molecule has 0 aliphatic carbocycles. The van der Waals surface area contributed by atoms with Crippen LogP contribution in [0.5, 0.6) is 0 Å². The van der Waals surface area contributed by atoms with Crippen molar-refractivity contribution in [1.82, 2.24) is 0 Å². The fourth-order valence-electron chi connectivity index (χ4n) is 6.89. The zero-order chi connectivity index (χ0) is 34.0. The minimum Gasteiger partial charge on any atom is -0.255 e. The van der Waals surface area contributed by atoms with Crippen molar-refractivity contribution < 1.29 is 0 Å². The predicted molar refractivity (Wildman–Crippen MR) is 213 cm³/mol. The second-order valence-electron chi connectivity index (χ2n) is 13.6. The molecule has 0 N–H and O–H groups in total. The summed E-state index contributed by atoms with van der Waals surface area (Å²) in [6, 6.07) is 31.0. The lowest BCUT2D eigenvalue weighted by Gasteiger charge is -2.17. The van der Waals surface area contributed by atoms with Crippen molar-refractivity contribution in [2.24, 2.45) is 9.98 Å². The molecule has 4 rings (SSSR count). The Morgan fingerprint density at radius 1 is 0.562 bits per heavy atom. The van der Waals surface area contributed by atoms with Gasteiger partial charge in [-0.2, -0.15) is 0 Å². The molecule has 0 fully saturated rings. The molecule has 0 spiro atoms. The fourth-order valence-corrected chi connectivity index (χ4v) is 6.89. The van der Waals surface area contributed by atoms with Gasteiger partial charge >= 0.3 is 0 Å². The molecule has 0 saturated carbocycles. The molecule has 0 radical (unpaired) electrons. The Hall–Kier alpha value is -3.78. The van der Waals surface area contributed by atoms with Gasteiger partial charge in [0, 0.05) is 6.21 Å². The van der Waals surface area contributed by atoms with Gasteiger partial charge < -0.3 is 0 Å². The molecule has 0 saturated heterocycles. The van der Waals surface area contributed by atoms with E-state index >= 15 is 0 Å². The number of aryl methyl sites for hydroxylation is 3. The van der Waals surface area contributed by atoms with Gasteiger partial charge in [-0.1, -0.05) is 139 Å². The first-order chi connectivity index (χ1) is 23.5. The van der Waals surface area contributed by atoms with E-state index in [2.05, 4.69) is 120 Å². The molecule has 0 bridgehead atoms. The van der Waals surface area contributed by atoms with Gasteiger partial charge in [0.15, 0.2) is 0 Å². The highest BCUT2D eigenvalue weighted by Crippen LogP contribution is 2.35. The van der Waals surface area contributed by atoms with Crippen LogP contribution in [0.15, 0.2) is 94.9 Å². The van der Waals surface area contributed by atoms with Gasteiger partial charge in [0.1, 0.15) is 0 Å². The summed E-state index contributed by atoms with van der Waals surface area (Å²) in [5.41, 5.74) is 13.9. The first kappa shape index (κ1) is 37.0. The van der Waals surface area contributed by atoms with E-state index in [9.17, 15) is 0 Å². The van der Waals surface area contributed by atoms with Crippen LogP contribution in [0, 0.1) is 6.92 Å². The molecule has 0 amide bonds. The number of rotatable bonds is 20. The summed E-state index contributed by atoms with van der Waals surface area (Å²) in [5.74, 6) is 0. The van der Waals surface area contributed by atoms with Crippen LogP contribution in [-0.2, 0) is 19.3 Å². The highest BCUT2D eigenvalue weighted by Gasteiger charge is 2.14. The van der Waals surface area contributed by atoms with E-state index in [0.29, 0.717) is 0 Å². The largest absolute Gasteiger partial charge is 0.255 e. The summed E-state index contributed by atoms with van der Waals surface area (Å²) in [6.07, 6.45) is 20.6. The average molecular weight is 641 g/mol. The number of aliphatic imine (C=N–C) groups is 2. The van der Waals surface area contributed by atoms with Crippen LogP contribution in [-0.4, -0.2) is 11.9 Å². The Labute approximate surface area is 292 Å².